The monoisotopic (exact) mass is 1090 g/mol. The lowest BCUT2D eigenvalue weighted by Gasteiger charge is -2.20. The van der Waals surface area contributed by atoms with Crippen LogP contribution in [0.5, 0.6) is 0 Å². The van der Waals surface area contributed by atoms with Crippen molar-refractivity contribution in [1.82, 2.24) is 0 Å². The van der Waals surface area contributed by atoms with Crippen LogP contribution >= 0.6 is 0 Å². The van der Waals surface area contributed by atoms with E-state index in [1.165, 1.54) is 115 Å². The first-order chi connectivity index (χ1) is 42.6. The summed E-state index contributed by atoms with van der Waals surface area (Å²) in [6.45, 7) is 0. The van der Waals surface area contributed by atoms with Crippen molar-refractivity contribution in [3.8, 4) is 77.9 Å². The zero-order valence-corrected chi connectivity index (χ0v) is 46.7. The highest BCUT2D eigenvalue weighted by atomic mass is 16.3. The van der Waals surface area contributed by atoms with Crippen LogP contribution in [0.4, 0.5) is 0 Å². The maximum Gasteiger partial charge on any atom is 0.136 e. The standard InChI is InChI=1S/C84H50O2/c1-2-16-57-46-58(37-30-51(57)14-1)52-28-33-56(34-29-52)82-70-22-6-7-23-71(70)83(61-40-42-67-65-19-9-11-26-77(65)85-79(67)49-61)74-45-39-59(47-75(74)82)60-38-44-73-76(48-60)84(62-41-43-68-66-20-10-12-27-78(66)86-80(68)50-62)72-24-8-5-21-69(72)81(73)55-35-31-54(32-36-55)64-25-13-17-53-15-3-4-18-63(53)64/h1-50H. The van der Waals surface area contributed by atoms with E-state index in [2.05, 4.69) is 291 Å². The molecule has 0 fully saturated rings. The Morgan fingerprint density at radius 1 is 0.151 bits per heavy atom. The van der Waals surface area contributed by atoms with Gasteiger partial charge in [-0.2, -0.15) is 0 Å². The molecule has 86 heavy (non-hydrogen) atoms. The molecule has 0 atom stereocenters. The van der Waals surface area contributed by atoms with Gasteiger partial charge in [0.15, 0.2) is 0 Å². The van der Waals surface area contributed by atoms with E-state index < -0.39 is 0 Å². The molecule has 18 rings (SSSR count). The van der Waals surface area contributed by atoms with E-state index >= 15 is 0 Å². The quantitative estimate of drug-likeness (QED) is 0.149. The molecule has 0 aliphatic heterocycles. The summed E-state index contributed by atoms with van der Waals surface area (Å²) in [7, 11) is 0. The molecule has 0 radical (unpaired) electrons. The molecule has 0 aliphatic carbocycles. The average molecular weight is 1090 g/mol. The minimum atomic E-state index is 0.875. The number of para-hydroxylation sites is 2. The fourth-order valence-corrected chi connectivity index (χ4v) is 14.2. The Bertz CT molecular complexity index is 5810. The van der Waals surface area contributed by atoms with Crippen molar-refractivity contribution in [2.24, 2.45) is 0 Å². The molecular formula is C84H50O2. The molecule has 0 amide bonds. The maximum absolute atomic E-state index is 6.63. The summed E-state index contributed by atoms with van der Waals surface area (Å²) < 4.78 is 13.2. The first-order valence-corrected chi connectivity index (χ1v) is 29.6. The summed E-state index contributed by atoms with van der Waals surface area (Å²) in [6, 6.07) is 112. The van der Waals surface area contributed by atoms with Gasteiger partial charge in [-0.1, -0.05) is 249 Å². The molecular weight excluding hydrogens is 1040 g/mol. The summed E-state index contributed by atoms with van der Waals surface area (Å²) in [5.74, 6) is 0. The third-order valence-corrected chi connectivity index (χ3v) is 18.2. The van der Waals surface area contributed by atoms with Crippen molar-refractivity contribution in [1.29, 1.82) is 0 Å². The Balaban J connectivity index is 0.870. The highest BCUT2D eigenvalue weighted by Crippen LogP contribution is 2.49. The van der Waals surface area contributed by atoms with Gasteiger partial charge < -0.3 is 8.83 Å². The second kappa shape index (κ2) is 19.1. The van der Waals surface area contributed by atoms with E-state index in [1.807, 2.05) is 12.1 Å². The SMILES string of the molecule is c1ccc2cc(-c3ccc(-c4c5ccccc5c(-c5ccc6c(c5)oc5ccccc56)c5ccc(-c6ccc7c(-c8ccc(-c9cccc%10ccccc9%10)cc8)c8ccccc8c(-c8ccc9c(c8)oc8ccccc89)c7c6)cc45)cc3)ccc2c1. The van der Waals surface area contributed by atoms with Gasteiger partial charge in [0.2, 0.25) is 0 Å². The molecule has 2 heteroatoms. The van der Waals surface area contributed by atoms with Crippen molar-refractivity contribution in [2.45, 2.75) is 0 Å². The Hall–Kier alpha value is -11.3. The van der Waals surface area contributed by atoms with Gasteiger partial charge in [-0.05, 0) is 197 Å². The summed E-state index contributed by atoms with van der Waals surface area (Å²) in [5.41, 5.74) is 20.0. The lowest BCUT2D eigenvalue weighted by Crippen LogP contribution is -1.93. The molecule has 398 valence electrons. The maximum atomic E-state index is 6.63. The lowest BCUT2D eigenvalue weighted by molar-refractivity contribution is 0.668. The molecule has 0 N–H and O–H groups in total. The second-order valence-electron chi connectivity index (χ2n) is 23.0. The van der Waals surface area contributed by atoms with E-state index in [4.69, 9.17) is 8.83 Å². The van der Waals surface area contributed by atoms with Crippen LogP contribution in [0.25, 0.3) is 186 Å². The summed E-state index contributed by atoms with van der Waals surface area (Å²) in [4.78, 5) is 0. The minimum absolute atomic E-state index is 0.875. The smallest absolute Gasteiger partial charge is 0.136 e. The van der Waals surface area contributed by atoms with Crippen molar-refractivity contribution in [3.63, 3.8) is 0 Å². The molecule has 0 spiro atoms. The zero-order valence-electron chi connectivity index (χ0n) is 46.7. The molecule has 2 aromatic heterocycles. The molecule has 0 unspecified atom stereocenters. The van der Waals surface area contributed by atoms with Gasteiger partial charge in [-0.25, -0.2) is 0 Å². The Morgan fingerprint density at radius 2 is 0.488 bits per heavy atom. The van der Waals surface area contributed by atoms with Gasteiger partial charge in [0, 0.05) is 21.5 Å². The molecule has 2 nitrogen and oxygen atoms in total. The summed E-state index contributed by atoms with van der Waals surface area (Å²) in [5, 5.41) is 18.9. The predicted octanol–water partition coefficient (Wildman–Crippen LogP) is 24.1. The van der Waals surface area contributed by atoms with E-state index in [0.29, 0.717) is 0 Å². The first kappa shape index (κ1) is 48.2. The van der Waals surface area contributed by atoms with Gasteiger partial charge in [0.05, 0.1) is 0 Å². The Morgan fingerprint density at radius 3 is 1.05 bits per heavy atom. The van der Waals surface area contributed by atoms with Crippen LogP contribution in [-0.2, 0) is 0 Å². The normalized spacial score (nSPS) is 12.0. The van der Waals surface area contributed by atoms with Crippen molar-refractivity contribution in [2.75, 3.05) is 0 Å². The third kappa shape index (κ3) is 7.60. The number of hydrogen-bond acceptors (Lipinski definition) is 2. The molecule has 0 bridgehead atoms. The van der Waals surface area contributed by atoms with E-state index in [9.17, 15) is 0 Å². The molecule has 0 saturated carbocycles. The highest BCUT2D eigenvalue weighted by Gasteiger charge is 2.23. The van der Waals surface area contributed by atoms with E-state index in [0.717, 1.165) is 71.7 Å². The number of rotatable bonds is 7. The van der Waals surface area contributed by atoms with E-state index in [1.54, 1.807) is 0 Å². The van der Waals surface area contributed by atoms with Crippen LogP contribution < -0.4 is 0 Å². The van der Waals surface area contributed by atoms with Gasteiger partial charge in [0.1, 0.15) is 22.3 Å². The fourth-order valence-electron chi connectivity index (χ4n) is 14.2. The van der Waals surface area contributed by atoms with Crippen molar-refractivity contribution >= 4 is 109 Å². The van der Waals surface area contributed by atoms with Crippen LogP contribution in [0.3, 0.4) is 0 Å². The number of furan rings is 2. The van der Waals surface area contributed by atoms with Crippen LogP contribution in [0.2, 0.25) is 0 Å². The largest absolute Gasteiger partial charge is 0.456 e. The van der Waals surface area contributed by atoms with E-state index in [-0.39, 0.29) is 0 Å². The van der Waals surface area contributed by atoms with Gasteiger partial charge in [-0.3, -0.25) is 0 Å². The molecule has 0 saturated heterocycles. The topological polar surface area (TPSA) is 26.3 Å². The summed E-state index contributed by atoms with van der Waals surface area (Å²) >= 11 is 0. The number of fused-ring (bicyclic) bond motifs is 12. The second-order valence-corrected chi connectivity index (χ2v) is 23.0. The van der Waals surface area contributed by atoms with Gasteiger partial charge >= 0.3 is 0 Å². The third-order valence-electron chi connectivity index (χ3n) is 18.2. The highest BCUT2D eigenvalue weighted by molar-refractivity contribution is 6.25. The van der Waals surface area contributed by atoms with Crippen LogP contribution in [0, 0.1) is 0 Å². The lowest BCUT2D eigenvalue weighted by atomic mass is 9.83. The minimum Gasteiger partial charge on any atom is -0.456 e. The number of benzene rings is 16. The Labute approximate surface area is 495 Å². The van der Waals surface area contributed by atoms with Gasteiger partial charge in [-0.15, -0.1) is 0 Å². The van der Waals surface area contributed by atoms with Crippen LogP contribution in [0.1, 0.15) is 0 Å². The summed E-state index contributed by atoms with van der Waals surface area (Å²) in [6.07, 6.45) is 0. The Kier molecular flexibility index (Phi) is 10.7. The molecule has 0 aliphatic rings. The molecule has 16 aromatic carbocycles. The van der Waals surface area contributed by atoms with Crippen molar-refractivity contribution < 1.29 is 8.83 Å². The fraction of sp³-hybridized carbons (Fsp3) is 0. The first-order valence-electron chi connectivity index (χ1n) is 29.6. The average Bonchev–Trinajstić information content (AvgIpc) is 1.18. The molecule has 2 heterocycles. The predicted molar refractivity (Wildman–Crippen MR) is 364 cm³/mol. The van der Waals surface area contributed by atoms with Crippen molar-refractivity contribution in [3.05, 3.63) is 303 Å². The van der Waals surface area contributed by atoms with Crippen LogP contribution in [-0.4, -0.2) is 0 Å². The van der Waals surface area contributed by atoms with Crippen LogP contribution in [0.15, 0.2) is 312 Å². The zero-order chi connectivity index (χ0) is 56.4. The van der Waals surface area contributed by atoms with Gasteiger partial charge in [0.25, 0.3) is 0 Å². The number of hydrogen-bond donors (Lipinski definition) is 0. The molecule has 18 aromatic rings.